The molecule has 2 aromatic rings. The number of carbonyl (C=O) groups excluding carboxylic acids is 1. The summed E-state index contributed by atoms with van der Waals surface area (Å²) in [5.41, 5.74) is 0.820. The van der Waals surface area contributed by atoms with Gasteiger partial charge in [-0.25, -0.2) is 0 Å². The number of unbranched alkanes of at least 4 members (excludes halogenated alkanes) is 3. The molecule has 26 heavy (non-hydrogen) atoms. The van der Waals surface area contributed by atoms with Crippen molar-refractivity contribution in [1.82, 2.24) is 15.0 Å². The van der Waals surface area contributed by atoms with Gasteiger partial charge in [-0.15, -0.1) is 0 Å². The molecule has 0 spiro atoms. The van der Waals surface area contributed by atoms with E-state index in [1.54, 1.807) is 0 Å². The van der Waals surface area contributed by atoms with Crippen LogP contribution in [0.3, 0.4) is 0 Å². The maximum Gasteiger partial charge on any atom is 0.249 e. The molecule has 1 aromatic heterocycles. The van der Waals surface area contributed by atoms with Gasteiger partial charge in [0.15, 0.2) is 0 Å². The minimum Gasteiger partial charge on any atom is -0.337 e. The average Bonchev–Trinajstić information content (AvgIpc) is 3.15. The van der Waals surface area contributed by atoms with Gasteiger partial charge in [-0.1, -0.05) is 55.1 Å². The maximum absolute atomic E-state index is 12.7. The zero-order valence-corrected chi connectivity index (χ0v) is 16.0. The second-order valence-electron chi connectivity index (χ2n) is 6.88. The molecular weight excluding hydrogens is 350 g/mol. The summed E-state index contributed by atoms with van der Waals surface area (Å²) in [5.74, 6) is 1.25. The molecule has 0 saturated carbocycles. The van der Waals surface area contributed by atoms with E-state index in [9.17, 15) is 4.79 Å². The van der Waals surface area contributed by atoms with E-state index in [0.29, 0.717) is 23.2 Å². The van der Waals surface area contributed by atoms with Crippen LogP contribution >= 0.6 is 11.6 Å². The molecule has 0 aliphatic carbocycles. The molecule has 0 bridgehead atoms. The molecule has 6 heteroatoms. The molecule has 1 aliphatic heterocycles. The molecule has 0 unspecified atom stereocenters. The monoisotopic (exact) mass is 375 g/mol. The van der Waals surface area contributed by atoms with Gasteiger partial charge in [0.1, 0.15) is 6.04 Å². The average molecular weight is 376 g/mol. The maximum atomic E-state index is 12.7. The fourth-order valence-electron chi connectivity index (χ4n) is 3.45. The Kier molecular flexibility index (Phi) is 6.67. The Balaban J connectivity index is 1.71. The van der Waals surface area contributed by atoms with Gasteiger partial charge in [0.25, 0.3) is 0 Å². The molecule has 5 nitrogen and oxygen atoms in total. The summed E-state index contributed by atoms with van der Waals surface area (Å²) >= 11 is 6.05. The van der Waals surface area contributed by atoms with Gasteiger partial charge in [-0.05, 0) is 37.8 Å². The first-order chi connectivity index (χ1) is 12.7. The molecule has 1 amide bonds. The molecule has 3 rings (SSSR count). The molecule has 0 radical (unpaired) electrons. The van der Waals surface area contributed by atoms with Crippen LogP contribution in [0.2, 0.25) is 5.02 Å². The number of hydrogen-bond acceptors (Lipinski definition) is 4. The van der Waals surface area contributed by atoms with Crippen LogP contribution in [-0.2, 0) is 4.79 Å². The summed E-state index contributed by atoms with van der Waals surface area (Å²) in [5, 5.41) is 4.73. The number of amides is 1. The third-order valence-electron chi connectivity index (χ3n) is 4.88. The van der Waals surface area contributed by atoms with Gasteiger partial charge in [0, 0.05) is 23.6 Å². The zero-order valence-electron chi connectivity index (χ0n) is 15.3. The van der Waals surface area contributed by atoms with Crippen molar-refractivity contribution in [2.45, 2.75) is 64.3 Å². The lowest BCUT2D eigenvalue weighted by atomic mass is 10.0. The number of benzene rings is 1. The number of hydrogen-bond donors (Lipinski definition) is 0. The number of likely N-dealkylation sites (tertiary alicyclic amines) is 1. The molecule has 1 aliphatic rings. The van der Waals surface area contributed by atoms with Crippen molar-refractivity contribution in [3.8, 4) is 11.4 Å². The van der Waals surface area contributed by atoms with Crippen molar-refractivity contribution in [2.24, 2.45) is 0 Å². The molecule has 1 fully saturated rings. The van der Waals surface area contributed by atoms with Crippen LogP contribution in [0.4, 0.5) is 0 Å². The van der Waals surface area contributed by atoms with E-state index in [1.807, 2.05) is 29.2 Å². The highest BCUT2D eigenvalue weighted by molar-refractivity contribution is 6.30. The van der Waals surface area contributed by atoms with Gasteiger partial charge in [-0.2, -0.15) is 4.98 Å². The first kappa shape index (κ1) is 18.9. The molecule has 1 atom stereocenters. The number of nitrogens with zero attached hydrogens (tertiary/aromatic N) is 3. The first-order valence-corrected chi connectivity index (χ1v) is 9.96. The second-order valence-corrected chi connectivity index (χ2v) is 7.31. The van der Waals surface area contributed by atoms with E-state index >= 15 is 0 Å². The normalized spacial score (nSPS) is 17.5. The van der Waals surface area contributed by atoms with Crippen molar-refractivity contribution in [1.29, 1.82) is 0 Å². The van der Waals surface area contributed by atoms with E-state index in [0.717, 1.165) is 44.2 Å². The summed E-state index contributed by atoms with van der Waals surface area (Å²) in [4.78, 5) is 19.2. The Morgan fingerprint density at radius 1 is 1.31 bits per heavy atom. The standard InChI is InChI=1S/C20H26ClN3O2/c1-2-3-4-5-12-18(25)24-13-7-6-11-17(24)20-22-19(23-26-20)15-9-8-10-16(21)14-15/h8-10,14,17H,2-7,11-13H2,1H3/t17-/m0/s1. The SMILES string of the molecule is CCCCCCC(=O)N1CCCC[C@H]1c1nc(-c2cccc(Cl)c2)no1. The molecule has 140 valence electrons. The predicted octanol–water partition coefficient (Wildman–Crippen LogP) is 5.41. The van der Waals surface area contributed by atoms with E-state index in [1.165, 1.54) is 12.8 Å². The van der Waals surface area contributed by atoms with Crippen molar-refractivity contribution >= 4 is 17.5 Å². The largest absolute Gasteiger partial charge is 0.337 e. The lowest BCUT2D eigenvalue weighted by Crippen LogP contribution is -2.38. The van der Waals surface area contributed by atoms with Crippen molar-refractivity contribution in [3.63, 3.8) is 0 Å². The fraction of sp³-hybridized carbons (Fsp3) is 0.550. The molecular formula is C20H26ClN3O2. The fourth-order valence-corrected chi connectivity index (χ4v) is 3.64. The number of aromatic nitrogens is 2. The molecule has 2 heterocycles. The number of rotatable bonds is 7. The van der Waals surface area contributed by atoms with Crippen LogP contribution in [0.1, 0.15) is 70.2 Å². The smallest absolute Gasteiger partial charge is 0.249 e. The Morgan fingerprint density at radius 2 is 2.19 bits per heavy atom. The second kappa shape index (κ2) is 9.17. The predicted molar refractivity (Wildman–Crippen MR) is 102 cm³/mol. The lowest BCUT2D eigenvalue weighted by molar-refractivity contribution is -0.135. The summed E-state index contributed by atoms with van der Waals surface area (Å²) in [6, 6.07) is 7.28. The highest BCUT2D eigenvalue weighted by Gasteiger charge is 2.31. The van der Waals surface area contributed by atoms with E-state index in [2.05, 4.69) is 17.1 Å². The summed E-state index contributed by atoms with van der Waals surface area (Å²) < 4.78 is 5.52. The Hall–Kier alpha value is -1.88. The van der Waals surface area contributed by atoms with Crippen LogP contribution in [0.15, 0.2) is 28.8 Å². The van der Waals surface area contributed by atoms with E-state index in [4.69, 9.17) is 16.1 Å². The van der Waals surface area contributed by atoms with Crippen molar-refractivity contribution in [3.05, 3.63) is 35.2 Å². The number of piperidine rings is 1. The third-order valence-corrected chi connectivity index (χ3v) is 5.11. The van der Waals surface area contributed by atoms with Crippen LogP contribution < -0.4 is 0 Å². The lowest BCUT2D eigenvalue weighted by Gasteiger charge is -2.33. The van der Waals surface area contributed by atoms with Gasteiger partial charge < -0.3 is 9.42 Å². The highest BCUT2D eigenvalue weighted by atomic mass is 35.5. The number of halogens is 1. The minimum absolute atomic E-state index is 0.108. The third kappa shape index (κ3) is 4.64. The summed E-state index contributed by atoms with van der Waals surface area (Å²) in [7, 11) is 0. The Bertz CT molecular complexity index is 731. The topological polar surface area (TPSA) is 59.2 Å². The van der Waals surface area contributed by atoms with Gasteiger partial charge in [-0.3, -0.25) is 4.79 Å². The summed E-state index contributed by atoms with van der Waals surface area (Å²) in [6.45, 7) is 2.95. The van der Waals surface area contributed by atoms with Gasteiger partial charge in [0.05, 0.1) is 0 Å². The molecule has 1 saturated heterocycles. The quantitative estimate of drug-likeness (QED) is 0.606. The van der Waals surface area contributed by atoms with E-state index < -0.39 is 0 Å². The summed E-state index contributed by atoms with van der Waals surface area (Å²) in [6.07, 6.45) is 8.00. The van der Waals surface area contributed by atoms with Crippen molar-refractivity contribution in [2.75, 3.05) is 6.54 Å². The van der Waals surface area contributed by atoms with Crippen LogP contribution in [0.25, 0.3) is 11.4 Å². The van der Waals surface area contributed by atoms with Crippen LogP contribution in [0, 0.1) is 0 Å². The zero-order chi connectivity index (χ0) is 18.4. The van der Waals surface area contributed by atoms with Crippen molar-refractivity contribution < 1.29 is 9.32 Å². The van der Waals surface area contributed by atoms with Gasteiger partial charge in [0.2, 0.25) is 17.6 Å². The van der Waals surface area contributed by atoms with Crippen LogP contribution in [0.5, 0.6) is 0 Å². The minimum atomic E-state index is -0.108. The molecule has 1 aromatic carbocycles. The first-order valence-electron chi connectivity index (χ1n) is 9.58. The number of carbonyl (C=O) groups is 1. The Morgan fingerprint density at radius 3 is 3.00 bits per heavy atom. The van der Waals surface area contributed by atoms with Gasteiger partial charge >= 0.3 is 0 Å². The van der Waals surface area contributed by atoms with E-state index in [-0.39, 0.29) is 11.9 Å². The highest BCUT2D eigenvalue weighted by Crippen LogP contribution is 2.32. The Labute approximate surface area is 159 Å². The molecule has 0 N–H and O–H groups in total. The van der Waals surface area contributed by atoms with Crippen LogP contribution in [-0.4, -0.2) is 27.5 Å².